The van der Waals surface area contributed by atoms with Gasteiger partial charge in [0.25, 0.3) is 0 Å². The van der Waals surface area contributed by atoms with Gasteiger partial charge < -0.3 is 24.6 Å². The van der Waals surface area contributed by atoms with Crippen LogP contribution in [0.4, 0.5) is 0 Å². The molecule has 2 heterocycles. The maximum Gasteiger partial charge on any atom is 0.336 e. The molecule has 3 atom stereocenters. The number of ether oxygens (including phenoxy) is 3. The van der Waals surface area contributed by atoms with E-state index in [4.69, 9.17) is 19.2 Å². The third-order valence-corrected chi connectivity index (χ3v) is 7.79. The molecule has 0 saturated carbocycles. The number of benzene rings is 3. The van der Waals surface area contributed by atoms with E-state index < -0.39 is 23.9 Å². The van der Waals surface area contributed by atoms with Gasteiger partial charge >= 0.3 is 5.97 Å². The first-order chi connectivity index (χ1) is 21.2. The quantitative estimate of drug-likeness (QED) is 0.213. The van der Waals surface area contributed by atoms with Crippen LogP contribution in [-0.2, 0) is 20.9 Å². The average molecular weight is 595 g/mol. The molecule has 0 radical (unpaired) electrons. The first kappa shape index (κ1) is 30.8. The molecule has 0 saturated heterocycles. The molecular formula is C36H38N2O6. The SMILES string of the molecule is CCOC(=O)C1=C(C)NC2=N/C(=C\c3ccc(OCc4ccc(C(C)O)cc4)c(OCC)c3)C(=O)C2C1c1ccc(C)cc1. The minimum absolute atomic E-state index is 0.175. The van der Waals surface area contributed by atoms with Crippen molar-refractivity contribution < 1.29 is 28.9 Å². The summed E-state index contributed by atoms with van der Waals surface area (Å²) in [6.45, 7) is 10.2. The molecule has 3 aromatic rings. The molecule has 8 nitrogen and oxygen atoms in total. The van der Waals surface area contributed by atoms with Gasteiger partial charge in [-0.2, -0.15) is 0 Å². The standard InChI is InChI=1S/C36H38N2O6/c1-6-42-30-19-25(12-17-29(30)44-20-24-10-15-26(16-11-24)23(5)39)18-28-34(40)33-32(27-13-8-21(3)9-14-27)31(36(41)43-7-2)22(4)37-35(33)38-28/h8-19,23,32-33,39H,6-7,20H2,1-5H3,(H,37,38)/b28-18-. The van der Waals surface area contributed by atoms with Gasteiger partial charge in [-0.05, 0) is 75.1 Å². The summed E-state index contributed by atoms with van der Waals surface area (Å²) in [5.74, 6) is -0.181. The van der Waals surface area contributed by atoms with Crippen LogP contribution in [0.1, 0.15) is 67.5 Å². The fraction of sp³-hybridized carbons (Fsp3) is 0.306. The number of aliphatic hydroxyl groups excluding tert-OH is 1. The molecule has 0 fully saturated rings. The number of hydrogen-bond donors (Lipinski definition) is 2. The van der Waals surface area contributed by atoms with Crippen molar-refractivity contribution in [2.45, 2.75) is 53.2 Å². The Balaban J connectivity index is 1.42. The second-order valence-corrected chi connectivity index (χ2v) is 11.0. The third-order valence-electron chi connectivity index (χ3n) is 7.79. The topological polar surface area (TPSA) is 106 Å². The van der Waals surface area contributed by atoms with Gasteiger partial charge in [-0.15, -0.1) is 0 Å². The van der Waals surface area contributed by atoms with E-state index in [9.17, 15) is 14.7 Å². The van der Waals surface area contributed by atoms with Crippen LogP contribution < -0.4 is 14.8 Å². The number of fused-ring (bicyclic) bond motifs is 1. The molecule has 2 N–H and O–H groups in total. The number of hydrogen-bond acceptors (Lipinski definition) is 8. The van der Waals surface area contributed by atoms with E-state index in [-0.39, 0.29) is 12.4 Å². The third kappa shape index (κ3) is 6.45. The van der Waals surface area contributed by atoms with Crippen molar-refractivity contribution in [2.75, 3.05) is 13.2 Å². The highest BCUT2D eigenvalue weighted by Gasteiger charge is 2.47. The van der Waals surface area contributed by atoms with E-state index in [1.165, 1.54) is 0 Å². The molecule has 0 spiro atoms. The minimum Gasteiger partial charge on any atom is -0.490 e. The lowest BCUT2D eigenvalue weighted by Gasteiger charge is -2.32. The Labute approximate surface area is 258 Å². The van der Waals surface area contributed by atoms with Crippen molar-refractivity contribution in [1.82, 2.24) is 5.32 Å². The van der Waals surface area contributed by atoms with E-state index in [1.807, 2.05) is 87.5 Å². The summed E-state index contributed by atoms with van der Waals surface area (Å²) < 4.78 is 17.4. The molecule has 0 amide bonds. The highest BCUT2D eigenvalue weighted by atomic mass is 16.5. The molecule has 5 rings (SSSR count). The molecule has 0 aromatic heterocycles. The molecule has 0 bridgehead atoms. The van der Waals surface area contributed by atoms with Crippen molar-refractivity contribution >= 4 is 23.7 Å². The summed E-state index contributed by atoms with van der Waals surface area (Å²) in [6, 6.07) is 21.0. The number of amidine groups is 1. The lowest BCUT2D eigenvalue weighted by atomic mass is 9.75. The van der Waals surface area contributed by atoms with Crippen molar-refractivity contribution in [3.05, 3.63) is 112 Å². The minimum atomic E-state index is -0.679. The molecule has 3 aromatic carbocycles. The Bertz CT molecular complexity index is 1630. The van der Waals surface area contributed by atoms with Gasteiger partial charge in [-0.3, -0.25) is 4.79 Å². The smallest absolute Gasteiger partial charge is 0.336 e. The Morgan fingerprint density at radius 3 is 2.34 bits per heavy atom. The molecule has 3 unspecified atom stereocenters. The summed E-state index contributed by atoms with van der Waals surface area (Å²) in [4.78, 5) is 31.8. The fourth-order valence-corrected chi connectivity index (χ4v) is 5.55. The molecule has 0 aliphatic carbocycles. The zero-order valence-corrected chi connectivity index (χ0v) is 25.7. The number of ketones is 1. The highest BCUT2D eigenvalue weighted by molar-refractivity contribution is 6.21. The largest absolute Gasteiger partial charge is 0.490 e. The number of carbonyl (C=O) groups is 2. The zero-order valence-electron chi connectivity index (χ0n) is 25.7. The average Bonchev–Trinajstić information content (AvgIpc) is 3.30. The first-order valence-corrected chi connectivity index (χ1v) is 14.9. The molecule has 44 heavy (non-hydrogen) atoms. The Kier molecular flexibility index (Phi) is 9.30. The predicted octanol–water partition coefficient (Wildman–Crippen LogP) is 6.19. The van der Waals surface area contributed by atoms with Gasteiger partial charge in [0.2, 0.25) is 0 Å². The van der Waals surface area contributed by atoms with E-state index in [1.54, 1.807) is 19.9 Å². The summed E-state index contributed by atoms with van der Waals surface area (Å²) in [6.07, 6.45) is 1.21. The number of nitrogens with zero attached hydrogens (tertiary/aromatic N) is 1. The van der Waals surface area contributed by atoms with Crippen LogP contribution in [0.2, 0.25) is 0 Å². The molecule has 2 aliphatic rings. The van der Waals surface area contributed by atoms with Crippen LogP contribution in [0, 0.1) is 12.8 Å². The van der Waals surface area contributed by atoms with E-state index in [0.717, 1.165) is 27.8 Å². The molecule has 228 valence electrons. The van der Waals surface area contributed by atoms with Crippen LogP contribution in [0.15, 0.2) is 88.7 Å². The van der Waals surface area contributed by atoms with Crippen LogP contribution >= 0.6 is 0 Å². The maximum atomic E-state index is 14.0. The fourth-order valence-electron chi connectivity index (χ4n) is 5.55. The second-order valence-electron chi connectivity index (χ2n) is 11.0. The Hall–Kier alpha value is -4.69. The number of nitrogens with one attached hydrogen (secondary N) is 1. The monoisotopic (exact) mass is 594 g/mol. The van der Waals surface area contributed by atoms with Gasteiger partial charge in [-0.25, -0.2) is 9.79 Å². The van der Waals surface area contributed by atoms with Crippen molar-refractivity contribution in [3.63, 3.8) is 0 Å². The Morgan fingerprint density at radius 1 is 0.955 bits per heavy atom. The second kappa shape index (κ2) is 13.3. The molecular weight excluding hydrogens is 556 g/mol. The molecule has 8 heteroatoms. The van der Waals surface area contributed by atoms with Crippen LogP contribution in [-0.4, -0.2) is 35.9 Å². The number of esters is 1. The first-order valence-electron chi connectivity index (χ1n) is 14.9. The van der Waals surface area contributed by atoms with Gasteiger partial charge in [0, 0.05) is 11.6 Å². The van der Waals surface area contributed by atoms with Crippen LogP contribution in [0.5, 0.6) is 11.5 Å². The maximum absolute atomic E-state index is 14.0. The normalized spacial score (nSPS) is 19.3. The van der Waals surface area contributed by atoms with Gasteiger partial charge in [0.05, 0.1) is 30.8 Å². The number of aliphatic imine (C=N–C) groups is 1. The van der Waals surface area contributed by atoms with Gasteiger partial charge in [-0.1, -0.05) is 60.2 Å². The zero-order chi connectivity index (χ0) is 31.4. The number of aliphatic hydroxyl groups is 1. The Morgan fingerprint density at radius 2 is 1.68 bits per heavy atom. The molecule has 2 aliphatic heterocycles. The number of rotatable bonds is 10. The predicted molar refractivity (Wildman–Crippen MR) is 169 cm³/mol. The summed E-state index contributed by atoms with van der Waals surface area (Å²) in [5.41, 5.74) is 5.83. The summed E-state index contributed by atoms with van der Waals surface area (Å²) in [7, 11) is 0. The van der Waals surface area contributed by atoms with E-state index >= 15 is 0 Å². The van der Waals surface area contributed by atoms with Gasteiger partial charge in [0.1, 0.15) is 18.1 Å². The van der Waals surface area contributed by atoms with Crippen LogP contribution in [0.3, 0.4) is 0 Å². The van der Waals surface area contributed by atoms with Crippen LogP contribution in [0.25, 0.3) is 6.08 Å². The lowest BCUT2D eigenvalue weighted by Crippen LogP contribution is -2.42. The number of Topliss-reactive ketones (excluding diaryl/α,β-unsaturated/α-hetero) is 1. The van der Waals surface area contributed by atoms with Crippen molar-refractivity contribution in [1.29, 1.82) is 0 Å². The number of aryl methyl sites for hydroxylation is 1. The van der Waals surface area contributed by atoms with E-state index in [2.05, 4.69) is 5.32 Å². The number of carbonyl (C=O) groups excluding carboxylic acids is 2. The lowest BCUT2D eigenvalue weighted by molar-refractivity contribution is -0.139. The van der Waals surface area contributed by atoms with Crippen molar-refractivity contribution in [3.8, 4) is 11.5 Å². The van der Waals surface area contributed by atoms with Crippen molar-refractivity contribution in [2.24, 2.45) is 10.9 Å². The summed E-state index contributed by atoms with van der Waals surface area (Å²) in [5, 5.41) is 13.0. The summed E-state index contributed by atoms with van der Waals surface area (Å²) >= 11 is 0. The van der Waals surface area contributed by atoms with Gasteiger partial charge in [0.15, 0.2) is 17.3 Å². The van der Waals surface area contributed by atoms with E-state index in [0.29, 0.717) is 47.5 Å². The highest BCUT2D eigenvalue weighted by Crippen LogP contribution is 2.43. The number of allylic oxidation sites excluding steroid dienone is 2.